The lowest BCUT2D eigenvalue weighted by molar-refractivity contribution is 0.0557. The van der Waals surface area contributed by atoms with Crippen molar-refractivity contribution >= 4 is 0 Å². The van der Waals surface area contributed by atoms with Crippen LogP contribution in [0, 0.1) is 5.92 Å². The molecule has 1 atom stereocenters. The fourth-order valence-electron chi connectivity index (χ4n) is 5.42. The monoisotopic (exact) mass is 379 g/mol. The van der Waals surface area contributed by atoms with E-state index in [1.807, 2.05) is 0 Å². The predicted molar refractivity (Wildman–Crippen MR) is 114 cm³/mol. The summed E-state index contributed by atoms with van der Waals surface area (Å²) in [5, 5.41) is 10.3. The van der Waals surface area contributed by atoms with Crippen molar-refractivity contribution in [3.8, 4) is 5.75 Å². The number of nitrogens with zero attached hydrogens (tertiary/aromatic N) is 1. The molecule has 1 heterocycles. The van der Waals surface area contributed by atoms with Crippen molar-refractivity contribution < 1.29 is 9.84 Å². The Morgan fingerprint density at radius 3 is 2.21 bits per heavy atom. The van der Waals surface area contributed by atoms with E-state index in [0.29, 0.717) is 6.04 Å². The molecule has 4 rings (SSSR count). The number of benzene rings is 2. The zero-order valence-electron chi connectivity index (χ0n) is 17.0. The minimum atomic E-state index is -0.0854. The van der Waals surface area contributed by atoms with Gasteiger partial charge in [-0.3, -0.25) is 4.90 Å². The van der Waals surface area contributed by atoms with Crippen LogP contribution in [0.1, 0.15) is 55.7 Å². The Morgan fingerprint density at radius 2 is 1.64 bits per heavy atom. The average Bonchev–Trinajstić information content (AvgIpc) is 3.30. The van der Waals surface area contributed by atoms with Crippen LogP contribution in [0.5, 0.6) is 5.75 Å². The highest BCUT2D eigenvalue weighted by molar-refractivity contribution is 5.31. The van der Waals surface area contributed by atoms with Gasteiger partial charge in [-0.05, 0) is 68.0 Å². The second-order valence-corrected chi connectivity index (χ2v) is 8.60. The summed E-state index contributed by atoms with van der Waals surface area (Å²) in [6, 6.07) is 19.8. The molecule has 150 valence electrons. The first kappa shape index (κ1) is 19.5. The molecule has 3 nitrogen and oxygen atoms in total. The minimum Gasteiger partial charge on any atom is -0.497 e. The lowest BCUT2D eigenvalue weighted by Crippen LogP contribution is -2.47. The fourth-order valence-corrected chi connectivity index (χ4v) is 5.42. The first-order valence-electron chi connectivity index (χ1n) is 10.8. The zero-order chi connectivity index (χ0) is 19.4. The molecule has 0 bridgehead atoms. The van der Waals surface area contributed by atoms with Gasteiger partial charge in [-0.15, -0.1) is 0 Å². The molecule has 0 spiro atoms. The van der Waals surface area contributed by atoms with Gasteiger partial charge in [0, 0.05) is 11.5 Å². The summed E-state index contributed by atoms with van der Waals surface area (Å²) in [4.78, 5) is 2.69. The molecule has 1 aliphatic carbocycles. The molecule has 0 radical (unpaired) electrons. The first-order chi connectivity index (χ1) is 13.8. The Hall–Kier alpha value is -1.84. The maximum Gasteiger partial charge on any atom is 0.118 e. The van der Waals surface area contributed by atoms with Crippen LogP contribution in [0.4, 0.5) is 0 Å². The highest BCUT2D eigenvalue weighted by atomic mass is 16.5. The van der Waals surface area contributed by atoms with Crippen LogP contribution in [-0.2, 0) is 5.41 Å². The number of likely N-dealkylation sites (tertiary alicyclic amines) is 1. The molecule has 28 heavy (non-hydrogen) atoms. The lowest BCUT2D eigenvalue weighted by Gasteiger charge is -2.45. The minimum absolute atomic E-state index is 0.0854. The average molecular weight is 380 g/mol. The van der Waals surface area contributed by atoms with E-state index in [1.54, 1.807) is 7.11 Å². The molecule has 1 saturated heterocycles. The van der Waals surface area contributed by atoms with Gasteiger partial charge in [0.1, 0.15) is 5.75 Å². The summed E-state index contributed by atoms with van der Waals surface area (Å²) in [7, 11) is 1.73. The third kappa shape index (κ3) is 3.83. The van der Waals surface area contributed by atoms with Crippen LogP contribution in [0.25, 0.3) is 0 Å². The maximum absolute atomic E-state index is 10.3. The molecule has 2 aromatic carbocycles. The molecule has 1 N–H and O–H groups in total. The van der Waals surface area contributed by atoms with Crippen LogP contribution in [0.2, 0.25) is 0 Å². The summed E-state index contributed by atoms with van der Waals surface area (Å²) >= 11 is 0. The second-order valence-electron chi connectivity index (χ2n) is 8.60. The number of hydrogen-bond acceptors (Lipinski definition) is 3. The van der Waals surface area contributed by atoms with Gasteiger partial charge in [0.25, 0.3) is 0 Å². The summed E-state index contributed by atoms with van der Waals surface area (Å²) in [5.74, 6) is 1.67. The fraction of sp³-hybridized carbons (Fsp3) is 0.520. The van der Waals surface area contributed by atoms with Crippen LogP contribution < -0.4 is 4.74 Å². The van der Waals surface area contributed by atoms with Gasteiger partial charge in [0.15, 0.2) is 0 Å². The number of hydrogen-bond donors (Lipinski definition) is 1. The molecule has 2 aromatic rings. The number of ether oxygens (including phenoxy) is 1. The predicted octanol–water partition coefficient (Wildman–Crippen LogP) is 4.95. The Balaban J connectivity index is 1.55. The smallest absolute Gasteiger partial charge is 0.118 e. The quantitative estimate of drug-likeness (QED) is 0.771. The zero-order valence-corrected chi connectivity index (χ0v) is 17.0. The molecule has 2 fully saturated rings. The number of methoxy groups -OCH3 is 1. The van der Waals surface area contributed by atoms with Crippen molar-refractivity contribution in [1.82, 2.24) is 4.90 Å². The van der Waals surface area contributed by atoms with Gasteiger partial charge >= 0.3 is 0 Å². The van der Waals surface area contributed by atoms with Crippen molar-refractivity contribution in [3.05, 3.63) is 65.7 Å². The van der Waals surface area contributed by atoms with Crippen LogP contribution >= 0.6 is 0 Å². The Bertz CT molecular complexity index is 729. The Kier molecular flexibility index (Phi) is 6.03. The largest absolute Gasteiger partial charge is 0.497 e. The van der Waals surface area contributed by atoms with Crippen molar-refractivity contribution in [2.45, 2.75) is 50.0 Å². The Morgan fingerprint density at radius 1 is 1.00 bits per heavy atom. The summed E-state index contributed by atoms with van der Waals surface area (Å²) in [6.07, 6.45) is 7.42. The number of aliphatic hydroxyl groups excluding tert-OH is 1. The van der Waals surface area contributed by atoms with E-state index in [0.717, 1.165) is 37.6 Å². The van der Waals surface area contributed by atoms with E-state index in [1.165, 1.54) is 36.8 Å². The van der Waals surface area contributed by atoms with E-state index in [2.05, 4.69) is 59.5 Å². The van der Waals surface area contributed by atoms with E-state index < -0.39 is 0 Å². The normalized spacial score (nSPS) is 21.5. The van der Waals surface area contributed by atoms with Crippen LogP contribution in [-0.4, -0.2) is 36.8 Å². The summed E-state index contributed by atoms with van der Waals surface area (Å²) in [6.45, 7) is 2.33. The van der Waals surface area contributed by atoms with Crippen LogP contribution in [0.15, 0.2) is 54.6 Å². The highest BCUT2D eigenvalue weighted by Crippen LogP contribution is 2.44. The van der Waals surface area contributed by atoms with Gasteiger partial charge in [-0.25, -0.2) is 0 Å². The third-order valence-corrected chi connectivity index (χ3v) is 7.14. The van der Waals surface area contributed by atoms with Gasteiger partial charge in [0.05, 0.1) is 13.7 Å². The van der Waals surface area contributed by atoms with E-state index in [4.69, 9.17) is 4.74 Å². The van der Waals surface area contributed by atoms with E-state index in [9.17, 15) is 5.11 Å². The standard InChI is InChI=1S/C25H33NO2/c1-28-23-13-11-21(12-14-23)24(20-7-5-6-8-20)26-17-15-25(19-27,16-18-26)22-9-3-2-4-10-22/h2-4,9-14,20,24,27H,5-8,15-19H2,1H3. The van der Waals surface area contributed by atoms with Crippen molar-refractivity contribution in [1.29, 1.82) is 0 Å². The number of piperidine rings is 1. The van der Waals surface area contributed by atoms with Crippen molar-refractivity contribution in [3.63, 3.8) is 0 Å². The molecule has 0 aromatic heterocycles. The van der Waals surface area contributed by atoms with Gasteiger partial charge in [0.2, 0.25) is 0 Å². The van der Waals surface area contributed by atoms with E-state index in [-0.39, 0.29) is 12.0 Å². The molecular weight excluding hydrogens is 346 g/mol. The van der Waals surface area contributed by atoms with Crippen LogP contribution in [0.3, 0.4) is 0 Å². The molecule has 3 heteroatoms. The maximum atomic E-state index is 10.3. The highest BCUT2D eigenvalue weighted by Gasteiger charge is 2.39. The SMILES string of the molecule is COc1ccc(C(C2CCCC2)N2CCC(CO)(c3ccccc3)CC2)cc1. The van der Waals surface area contributed by atoms with Crippen molar-refractivity contribution in [2.75, 3.05) is 26.8 Å². The topological polar surface area (TPSA) is 32.7 Å². The second kappa shape index (κ2) is 8.67. The van der Waals surface area contributed by atoms with Gasteiger partial charge in [-0.2, -0.15) is 0 Å². The van der Waals surface area contributed by atoms with Gasteiger partial charge < -0.3 is 9.84 Å². The first-order valence-corrected chi connectivity index (χ1v) is 10.8. The lowest BCUT2D eigenvalue weighted by atomic mass is 9.72. The van der Waals surface area contributed by atoms with Gasteiger partial charge in [-0.1, -0.05) is 55.3 Å². The Labute approximate surface area is 169 Å². The number of aliphatic hydroxyl groups is 1. The molecule has 2 aliphatic rings. The van der Waals surface area contributed by atoms with E-state index >= 15 is 0 Å². The summed E-state index contributed by atoms with van der Waals surface area (Å²) < 4.78 is 5.37. The number of rotatable bonds is 6. The summed E-state index contributed by atoms with van der Waals surface area (Å²) in [5.41, 5.74) is 2.63. The molecule has 1 aliphatic heterocycles. The molecular formula is C25H33NO2. The third-order valence-electron chi connectivity index (χ3n) is 7.14. The molecule has 1 saturated carbocycles. The molecule has 1 unspecified atom stereocenters. The van der Waals surface area contributed by atoms with Crippen molar-refractivity contribution in [2.24, 2.45) is 5.92 Å². The molecule has 0 amide bonds.